The van der Waals surface area contributed by atoms with Crippen molar-refractivity contribution in [3.63, 3.8) is 0 Å². The molecule has 0 saturated heterocycles. The largest absolute Gasteiger partial charge is 0.224 e. The van der Waals surface area contributed by atoms with Crippen molar-refractivity contribution < 1.29 is 16.8 Å². The summed E-state index contributed by atoms with van der Waals surface area (Å²) in [6.45, 7) is 1.47. The van der Waals surface area contributed by atoms with Crippen LogP contribution < -0.4 is 0 Å². The molecule has 1 aromatic carbocycles. The molecular formula is C10H11NO4S2. The molecule has 92 valence electrons. The number of hydrogen-bond donors (Lipinski definition) is 0. The van der Waals surface area contributed by atoms with Crippen LogP contribution in [-0.2, 0) is 19.7 Å². The van der Waals surface area contributed by atoms with Crippen LogP contribution in [0.3, 0.4) is 0 Å². The molecule has 0 saturated carbocycles. The molecule has 0 aliphatic rings. The van der Waals surface area contributed by atoms with Gasteiger partial charge in [0.2, 0.25) is 0 Å². The molecule has 0 aromatic heterocycles. The van der Waals surface area contributed by atoms with Crippen LogP contribution >= 0.6 is 0 Å². The van der Waals surface area contributed by atoms with Crippen molar-refractivity contribution in [3.8, 4) is 6.07 Å². The van der Waals surface area contributed by atoms with Crippen LogP contribution in [0, 0.1) is 18.3 Å². The third kappa shape index (κ3) is 2.84. The molecule has 0 aliphatic heterocycles. The van der Waals surface area contributed by atoms with Crippen LogP contribution in [0.1, 0.15) is 11.1 Å². The van der Waals surface area contributed by atoms with Gasteiger partial charge in [-0.25, -0.2) is 16.8 Å². The Balaban J connectivity index is 3.83. The Bertz CT molecular complexity index is 709. The molecule has 0 atom stereocenters. The van der Waals surface area contributed by atoms with E-state index in [1.165, 1.54) is 13.0 Å². The van der Waals surface area contributed by atoms with E-state index in [4.69, 9.17) is 5.26 Å². The molecule has 0 bridgehead atoms. The van der Waals surface area contributed by atoms with Crippen molar-refractivity contribution in [1.82, 2.24) is 0 Å². The molecule has 1 rings (SSSR count). The zero-order chi connectivity index (χ0) is 13.4. The first-order chi connectivity index (χ1) is 7.57. The van der Waals surface area contributed by atoms with Crippen molar-refractivity contribution in [2.75, 3.05) is 12.5 Å². The molecule has 5 nitrogen and oxygen atoms in total. The predicted octanol–water partition coefficient (Wildman–Crippen LogP) is 0.674. The highest BCUT2D eigenvalue weighted by Crippen LogP contribution is 2.23. The van der Waals surface area contributed by atoms with Crippen molar-refractivity contribution in [1.29, 1.82) is 5.26 Å². The van der Waals surface area contributed by atoms with Gasteiger partial charge in [-0.1, -0.05) is 0 Å². The molecule has 0 aliphatic carbocycles. The summed E-state index contributed by atoms with van der Waals surface area (Å²) in [5.41, 5.74) is 0.316. The topological polar surface area (TPSA) is 92.1 Å². The maximum absolute atomic E-state index is 11.5. The predicted molar refractivity (Wildman–Crippen MR) is 62.1 cm³/mol. The minimum Gasteiger partial charge on any atom is -0.224 e. The van der Waals surface area contributed by atoms with Crippen LogP contribution in [0.15, 0.2) is 21.9 Å². The van der Waals surface area contributed by atoms with Crippen LogP contribution in [0.2, 0.25) is 0 Å². The minimum absolute atomic E-state index is 0.0494. The quantitative estimate of drug-likeness (QED) is 0.789. The number of hydrogen-bond acceptors (Lipinski definition) is 5. The van der Waals surface area contributed by atoms with Gasteiger partial charge in [0.15, 0.2) is 19.7 Å². The summed E-state index contributed by atoms with van der Waals surface area (Å²) in [5, 5.41) is 8.86. The summed E-state index contributed by atoms with van der Waals surface area (Å²) in [6.07, 6.45) is 1.94. The highest BCUT2D eigenvalue weighted by molar-refractivity contribution is 7.91. The van der Waals surface area contributed by atoms with Gasteiger partial charge in [0.25, 0.3) is 0 Å². The standard InChI is InChI=1S/C10H11NO4S2/c1-7-8(6-11)4-9(16(2,12)13)5-10(7)17(3,14)15/h4-5H,1-3H3. The lowest BCUT2D eigenvalue weighted by atomic mass is 10.1. The molecule has 0 N–H and O–H groups in total. The molecule has 0 unspecified atom stereocenters. The molecule has 0 amide bonds. The van der Waals surface area contributed by atoms with Gasteiger partial charge in [0.05, 0.1) is 21.4 Å². The third-order valence-electron chi connectivity index (χ3n) is 2.28. The number of sulfone groups is 2. The highest BCUT2D eigenvalue weighted by atomic mass is 32.2. The Morgan fingerprint density at radius 2 is 1.59 bits per heavy atom. The molecule has 0 fully saturated rings. The normalized spacial score (nSPS) is 12.1. The molecule has 17 heavy (non-hydrogen) atoms. The Kier molecular flexibility index (Phi) is 3.32. The summed E-state index contributed by atoms with van der Waals surface area (Å²) in [4.78, 5) is -0.294. The summed E-state index contributed by atoms with van der Waals surface area (Å²) in [7, 11) is -7.11. The maximum Gasteiger partial charge on any atom is 0.175 e. The summed E-state index contributed by atoms with van der Waals surface area (Å²) < 4.78 is 45.8. The van der Waals surface area contributed by atoms with Gasteiger partial charge in [-0.3, -0.25) is 0 Å². The number of nitrogens with zero attached hydrogens (tertiary/aromatic N) is 1. The summed E-state index contributed by atoms with van der Waals surface area (Å²) >= 11 is 0. The Morgan fingerprint density at radius 1 is 1.06 bits per heavy atom. The first-order valence-corrected chi connectivity index (χ1v) is 8.30. The van der Waals surface area contributed by atoms with E-state index < -0.39 is 19.7 Å². The fraction of sp³-hybridized carbons (Fsp3) is 0.300. The smallest absolute Gasteiger partial charge is 0.175 e. The van der Waals surface area contributed by atoms with Gasteiger partial charge in [0.1, 0.15) is 0 Å². The number of rotatable bonds is 2. The second kappa shape index (κ2) is 4.13. The maximum atomic E-state index is 11.5. The SMILES string of the molecule is Cc1c(C#N)cc(S(C)(=O)=O)cc1S(C)(=O)=O. The lowest BCUT2D eigenvalue weighted by Crippen LogP contribution is -2.06. The van der Waals surface area contributed by atoms with E-state index in [-0.39, 0.29) is 20.9 Å². The van der Waals surface area contributed by atoms with E-state index in [0.29, 0.717) is 0 Å². The van der Waals surface area contributed by atoms with E-state index in [0.717, 1.165) is 18.6 Å². The van der Waals surface area contributed by atoms with Crippen LogP contribution in [0.4, 0.5) is 0 Å². The van der Waals surface area contributed by atoms with Crippen molar-refractivity contribution in [2.24, 2.45) is 0 Å². The van der Waals surface area contributed by atoms with Gasteiger partial charge < -0.3 is 0 Å². The third-order valence-corrected chi connectivity index (χ3v) is 4.60. The number of nitriles is 1. The minimum atomic E-state index is -3.56. The van der Waals surface area contributed by atoms with E-state index in [9.17, 15) is 16.8 Å². The summed E-state index contributed by atoms with van der Waals surface area (Å²) in [5.74, 6) is 0. The van der Waals surface area contributed by atoms with Crippen LogP contribution in [0.25, 0.3) is 0 Å². The zero-order valence-corrected chi connectivity index (χ0v) is 11.2. The van der Waals surface area contributed by atoms with E-state index in [1.54, 1.807) is 6.07 Å². The van der Waals surface area contributed by atoms with Gasteiger partial charge in [0, 0.05) is 12.5 Å². The van der Waals surface area contributed by atoms with Crippen LogP contribution in [0.5, 0.6) is 0 Å². The molecule has 1 aromatic rings. The molecule has 7 heteroatoms. The molecule has 0 spiro atoms. The average molecular weight is 273 g/mol. The van der Waals surface area contributed by atoms with Gasteiger partial charge >= 0.3 is 0 Å². The monoisotopic (exact) mass is 273 g/mol. The average Bonchev–Trinajstić information content (AvgIpc) is 2.14. The fourth-order valence-electron chi connectivity index (χ4n) is 1.38. The van der Waals surface area contributed by atoms with Gasteiger partial charge in [-0.2, -0.15) is 5.26 Å². The van der Waals surface area contributed by atoms with Gasteiger partial charge in [-0.05, 0) is 24.6 Å². The second-order valence-electron chi connectivity index (χ2n) is 3.75. The van der Waals surface area contributed by atoms with Crippen molar-refractivity contribution >= 4 is 19.7 Å². The van der Waals surface area contributed by atoms with E-state index in [2.05, 4.69) is 0 Å². The summed E-state index contributed by atoms with van der Waals surface area (Å²) in [6, 6.07) is 4.06. The number of benzene rings is 1. The molecular weight excluding hydrogens is 262 g/mol. The van der Waals surface area contributed by atoms with Gasteiger partial charge in [-0.15, -0.1) is 0 Å². The Morgan fingerprint density at radius 3 is 1.94 bits per heavy atom. The Hall–Kier alpha value is -1.39. The highest BCUT2D eigenvalue weighted by Gasteiger charge is 2.19. The van der Waals surface area contributed by atoms with Crippen molar-refractivity contribution in [3.05, 3.63) is 23.3 Å². The Labute approximate surface area is 101 Å². The first kappa shape index (κ1) is 13.7. The first-order valence-electron chi connectivity index (χ1n) is 4.52. The fourth-order valence-corrected chi connectivity index (χ4v) is 3.12. The van der Waals surface area contributed by atoms with E-state index >= 15 is 0 Å². The second-order valence-corrected chi connectivity index (χ2v) is 7.75. The molecule has 0 heterocycles. The van der Waals surface area contributed by atoms with Crippen molar-refractivity contribution in [2.45, 2.75) is 16.7 Å². The zero-order valence-electron chi connectivity index (χ0n) is 9.55. The lowest BCUT2D eigenvalue weighted by molar-refractivity contribution is 0.599. The molecule has 0 radical (unpaired) electrons. The van der Waals surface area contributed by atoms with Crippen LogP contribution in [-0.4, -0.2) is 29.3 Å². The lowest BCUT2D eigenvalue weighted by Gasteiger charge is -2.08. The van der Waals surface area contributed by atoms with E-state index in [1.807, 2.05) is 0 Å².